The third-order valence-corrected chi connectivity index (χ3v) is 5.79. The number of anilines is 1. The third kappa shape index (κ3) is 2.89. The van der Waals surface area contributed by atoms with E-state index in [1.165, 1.54) is 29.3 Å². The minimum Gasteiger partial charge on any atom is -0.406 e. The van der Waals surface area contributed by atoms with Crippen LogP contribution < -0.4 is 15.4 Å². The monoisotopic (exact) mass is 393 g/mol. The number of esters is 1. The largest absolute Gasteiger partial charge is 0.406 e. The first-order chi connectivity index (χ1) is 12.5. The van der Waals surface area contributed by atoms with Crippen LogP contribution in [0.5, 0.6) is 5.88 Å². The standard InChI is InChI=1S/C17H13ClFN3O3S/c18-9-2-1-3-10(19)12(9)15-22(17(20)24)11-6-7-21-14(13(11)26-15)25-16(23)8-4-5-8/h1-3,6-8,15H,4-5H2,(H2,20,24). The van der Waals surface area contributed by atoms with Gasteiger partial charge in [0.15, 0.2) is 0 Å². The maximum atomic E-state index is 14.4. The van der Waals surface area contributed by atoms with Crippen LogP contribution in [0.1, 0.15) is 23.8 Å². The lowest BCUT2D eigenvalue weighted by atomic mass is 10.2. The molecule has 2 N–H and O–H groups in total. The molecule has 4 rings (SSSR count). The highest BCUT2D eigenvalue weighted by atomic mass is 35.5. The van der Waals surface area contributed by atoms with E-state index in [0.29, 0.717) is 10.6 Å². The fourth-order valence-corrected chi connectivity index (χ4v) is 4.47. The molecule has 1 unspecified atom stereocenters. The first-order valence-electron chi connectivity index (χ1n) is 7.87. The van der Waals surface area contributed by atoms with Crippen LogP contribution in [0.2, 0.25) is 5.02 Å². The maximum absolute atomic E-state index is 14.4. The Bertz CT molecular complexity index is 902. The molecule has 6 nitrogen and oxygen atoms in total. The minimum absolute atomic E-state index is 0.0885. The van der Waals surface area contributed by atoms with Gasteiger partial charge in [0, 0.05) is 16.8 Å². The molecule has 0 radical (unpaired) electrons. The molecule has 1 aromatic heterocycles. The van der Waals surface area contributed by atoms with Crippen LogP contribution >= 0.6 is 23.4 Å². The van der Waals surface area contributed by atoms with Gasteiger partial charge in [-0.1, -0.05) is 29.4 Å². The number of fused-ring (bicyclic) bond motifs is 1. The van der Waals surface area contributed by atoms with Crippen molar-refractivity contribution in [3.05, 3.63) is 46.9 Å². The summed E-state index contributed by atoms with van der Waals surface area (Å²) in [6.07, 6.45) is 3.00. The van der Waals surface area contributed by atoms with Gasteiger partial charge < -0.3 is 10.5 Å². The number of rotatable bonds is 3. The number of hydrogen-bond donors (Lipinski definition) is 1. The van der Waals surface area contributed by atoms with E-state index in [1.807, 2.05) is 0 Å². The molecule has 2 aromatic rings. The third-order valence-electron chi connectivity index (χ3n) is 4.17. The summed E-state index contributed by atoms with van der Waals surface area (Å²) in [5, 5.41) is -0.648. The van der Waals surface area contributed by atoms with Gasteiger partial charge in [-0.3, -0.25) is 9.69 Å². The number of aromatic nitrogens is 1. The van der Waals surface area contributed by atoms with Crippen molar-refractivity contribution in [2.24, 2.45) is 11.7 Å². The number of pyridine rings is 1. The normalized spacial score (nSPS) is 18.5. The van der Waals surface area contributed by atoms with Gasteiger partial charge >= 0.3 is 12.0 Å². The Morgan fingerprint density at radius 2 is 2.12 bits per heavy atom. The summed E-state index contributed by atoms with van der Waals surface area (Å²) >= 11 is 7.28. The Morgan fingerprint density at radius 1 is 1.35 bits per heavy atom. The van der Waals surface area contributed by atoms with Gasteiger partial charge in [0.2, 0.25) is 5.88 Å². The number of halogens is 2. The molecule has 0 spiro atoms. The van der Waals surface area contributed by atoms with Gasteiger partial charge in [0.05, 0.1) is 16.5 Å². The second-order valence-electron chi connectivity index (χ2n) is 5.97. The van der Waals surface area contributed by atoms with Gasteiger partial charge in [0.1, 0.15) is 11.2 Å². The molecule has 1 aliphatic carbocycles. The molecule has 9 heteroatoms. The maximum Gasteiger partial charge on any atom is 0.320 e. The Morgan fingerprint density at radius 3 is 2.77 bits per heavy atom. The number of carbonyl (C=O) groups is 2. The summed E-state index contributed by atoms with van der Waals surface area (Å²) < 4.78 is 19.8. The zero-order chi connectivity index (χ0) is 18.4. The van der Waals surface area contributed by atoms with E-state index < -0.39 is 17.2 Å². The average Bonchev–Trinajstić information content (AvgIpc) is 3.36. The summed E-state index contributed by atoms with van der Waals surface area (Å²) in [6.45, 7) is 0. The summed E-state index contributed by atoms with van der Waals surface area (Å²) in [4.78, 5) is 29.8. The van der Waals surface area contributed by atoms with Crippen LogP contribution in [0, 0.1) is 11.7 Å². The zero-order valence-corrected chi connectivity index (χ0v) is 14.9. The number of amides is 2. The Kier molecular flexibility index (Phi) is 4.24. The number of ether oxygens (including phenoxy) is 1. The second-order valence-corrected chi connectivity index (χ2v) is 7.47. The van der Waals surface area contributed by atoms with Crippen LogP contribution in [0.25, 0.3) is 0 Å². The van der Waals surface area contributed by atoms with Crippen LogP contribution in [0.15, 0.2) is 35.4 Å². The quantitative estimate of drug-likeness (QED) is 0.800. The number of primary amides is 1. The Balaban J connectivity index is 1.76. The van der Waals surface area contributed by atoms with E-state index in [4.69, 9.17) is 22.1 Å². The van der Waals surface area contributed by atoms with Crippen molar-refractivity contribution in [3.63, 3.8) is 0 Å². The summed E-state index contributed by atoms with van der Waals surface area (Å²) in [5.74, 6) is -0.934. The number of hydrogen-bond acceptors (Lipinski definition) is 5. The smallest absolute Gasteiger partial charge is 0.320 e. The lowest BCUT2D eigenvalue weighted by Crippen LogP contribution is -2.36. The van der Waals surface area contributed by atoms with Crippen LogP contribution in [0.3, 0.4) is 0 Å². The molecular formula is C17H13ClFN3O3S. The molecule has 2 heterocycles. The molecule has 0 saturated heterocycles. The predicted octanol–water partition coefficient (Wildman–Crippen LogP) is 3.88. The molecular weight excluding hydrogens is 381 g/mol. The number of urea groups is 1. The van der Waals surface area contributed by atoms with E-state index in [0.717, 1.165) is 24.6 Å². The first kappa shape index (κ1) is 17.1. The number of carbonyl (C=O) groups excluding carboxylic acids is 2. The van der Waals surface area contributed by atoms with Crippen molar-refractivity contribution < 1.29 is 18.7 Å². The van der Waals surface area contributed by atoms with Crippen molar-refractivity contribution in [2.75, 3.05) is 4.90 Å². The van der Waals surface area contributed by atoms with Crippen molar-refractivity contribution in [1.82, 2.24) is 4.98 Å². The highest BCUT2D eigenvalue weighted by Gasteiger charge is 2.41. The molecule has 1 aliphatic heterocycles. The van der Waals surface area contributed by atoms with Gasteiger partial charge in [-0.05, 0) is 31.0 Å². The van der Waals surface area contributed by atoms with Crippen molar-refractivity contribution >= 4 is 41.1 Å². The van der Waals surface area contributed by atoms with Crippen LogP contribution in [-0.2, 0) is 4.79 Å². The van der Waals surface area contributed by atoms with Crippen LogP contribution in [0.4, 0.5) is 14.9 Å². The van der Waals surface area contributed by atoms with Gasteiger partial charge in [-0.25, -0.2) is 14.2 Å². The SMILES string of the molecule is NC(=O)N1c2ccnc(OC(=O)C3CC3)c2SC1c1c(F)cccc1Cl. The van der Waals surface area contributed by atoms with Crippen molar-refractivity contribution in [3.8, 4) is 5.88 Å². The molecule has 2 amide bonds. The fraction of sp³-hybridized carbons (Fsp3) is 0.235. The summed E-state index contributed by atoms with van der Waals surface area (Å²) in [5.41, 5.74) is 6.07. The van der Waals surface area contributed by atoms with E-state index >= 15 is 0 Å². The molecule has 1 atom stereocenters. The zero-order valence-electron chi connectivity index (χ0n) is 13.3. The molecule has 0 bridgehead atoms. The summed E-state index contributed by atoms with van der Waals surface area (Å²) in [6, 6.07) is 5.07. The number of nitrogens with two attached hydrogens (primary N) is 1. The number of benzene rings is 1. The number of nitrogens with zero attached hydrogens (tertiary/aromatic N) is 2. The van der Waals surface area contributed by atoms with Crippen molar-refractivity contribution in [2.45, 2.75) is 23.1 Å². The molecule has 26 heavy (non-hydrogen) atoms. The van der Waals surface area contributed by atoms with E-state index in [1.54, 1.807) is 6.07 Å². The second kappa shape index (κ2) is 6.44. The highest BCUT2D eigenvalue weighted by molar-refractivity contribution is 8.00. The lowest BCUT2D eigenvalue weighted by Gasteiger charge is -2.23. The molecule has 2 aliphatic rings. The predicted molar refractivity (Wildman–Crippen MR) is 94.7 cm³/mol. The average molecular weight is 394 g/mol. The van der Waals surface area contributed by atoms with E-state index in [9.17, 15) is 14.0 Å². The topological polar surface area (TPSA) is 85.5 Å². The van der Waals surface area contributed by atoms with Gasteiger partial charge in [0.25, 0.3) is 0 Å². The van der Waals surface area contributed by atoms with Crippen LogP contribution in [-0.4, -0.2) is 17.0 Å². The minimum atomic E-state index is -0.821. The number of thioether (sulfide) groups is 1. The molecule has 1 aromatic carbocycles. The fourth-order valence-electron chi connectivity index (χ4n) is 2.75. The highest BCUT2D eigenvalue weighted by Crippen LogP contribution is 2.55. The van der Waals surface area contributed by atoms with E-state index in [-0.39, 0.29) is 28.4 Å². The first-order valence-corrected chi connectivity index (χ1v) is 9.13. The molecule has 134 valence electrons. The lowest BCUT2D eigenvalue weighted by molar-refractivity contribution is -0.136. The Hall–Kier alpha value is -2.32. The Labute approximate surface area is 157 Å². The molecule has 1 saturated carbocycles. The van der Waals surface area contributed by atoms with Crippen molar-refractivity contribution in [1.29, 1.82) is 0 Å². The molecule has 1 fully saturated rings. The van der Waals surface area contributed by atoms with Gasteiger partial charge in [-0.2, -0.15) is 0 Å². The van der Waals surface area contributed by atoms with E-state index in [2.05, 4.69) is 4.98 Å². The van der Waals surface area contributed by atoms with Gasteiger partial charge in [-0.15, -0.1) is 0 Å². The summed E-state index contributed by atoms with van der Waals surface area (Å²) in [7, 11) is 0.